The first kappa shape index (κ1) is 25.5. The average Bonchev–Trinajstić information content (AvgIpc) is 3.65. The first-order chi connectivity index (χ1) is 23.8. The quantitative estimate of drug-likeness (QED) is 0.182. The van der Waals surface area contributed by atoms with E-state index in [4.69, 9.17) is 19.9 Å². The molecule has 0 fully saturated rings. The molecule has 0 bridgehead atoms. The van der Waals surface area contributed by atoms with Gasteiger partial charge < -0.3 is 9.13 Å². The zero-order valence-electron chi connectivity index (χ0n) is 25.5. The minimum absolute atomic E-state index is 0.903. The van der Waals surface area contributed by atoms with Crippen LogP contribution >= 0.6 is 0 Å². The number of rotatable bonds is 2. The molecule has 0 amide bonds. The summed E-state index contributed by atoms with van der Waals surface area (Å²) in [5.74, 6) is 0. The third-order valence-corrected chi connectivity index (χ3v) is 9.83. The molecule has 11 aromatic rings. The standard InChI is InChI=1S/C42H24N6/c1-3-15-33-27(11-1)31-23-38-32(24-37(31)47(33)35-21-25-9-5-17-43-39(25)41-29(35)13-7-19-45-41)28-12-2-4-16-34(28)48(38)36-22-26-10-6-18-44-40(26)42-30(36)14-8-20-46-42/h1-24H. The highest BCUT2D eigenvalue weighted by Crippen LogP contribution is 2.42. The van der Waals surface area contributed by atoms with E-state index in [0.717, 1.165) is 77.1 Å². The number of fused-ring (bicyclic) bond motifs is 12. The Balaban J connectivity index is 1.32. The highest BCUT2D eigenvalue weighted by atomic mass is 15.0. The molecule has 11 rings (SSSR count). The van der Waals surface area contributed by atoms with Crippen LogP contribution in [0, 0.1) is 0 Å². The molecule has 0 saturated carbocycles. The molecular formula is C42H24N6. The minimum Gasteiger partial charge on any atom is -0.309 e. The Morgan fingerprint density at radius 2 is 0.708 bits per heavy atom. The number of nitrogens with zero attached hydrogens (tertiary/aromatic N) is 6. The Morgan fingerprint density at radius 3 is 1.19 bits per heavy atom. The second-order valence-electron chi connectivity index (χ2n) is 12.3. The number of benzene rings is 5. The predicted molar refractivity (Wildman–Crippen MR) is 196 cm³/mol. The Hall–Kier alpha value is -6.66. The molecule has 0 aliphatic rings. The van der Waals surface area contributed by atoms with Crippen LogP contribution in [-0.4, -0.2) is 29.1 Å². The minimum atomic E-state index is 0.903. The Labute approximate surface area is 273 Å². The van der Waals surface area contributed by atoms with E-state index < -0.39 is 0 Å². The zero-order chi connectivity index (χ0) is 31.3. The van der Waals surface area contributed by atoms with Crippen molar-refractivity contribution in [3.8, 4) is 11.4 Å². The molecule has 6 nitrogen and oxygen atoms in total. The van der Waals surface area contributed by atoms with E-state index >= 15 is 0 Å². The lowest BCUT2D eigenvalue weighted by molar-refractivity contribution is 1.19. The SMILES string of the molecule is c1cnc2c(c1)cc(-n1c3ccccc3c3cc4c(cc31)c1ccccc1n4-c1cc3cccnc3c3ncccc13)c1cccnc12. The molecule has 5 aromatic carbocycles. The van der Waals surface area contributed by atoms with Gasteiger partial charge in [-0.05, 0) is 72.8 Å². The van der Waals surface area contributed by atoms with Crippen LogP contribution in [0.1, 0.15) is 0 Å². The number of aromatic nitrogens is 6. The van der Waals surface area contributed by atoms with Crippen molar-refractivity contribution in [3.05, 3.63) is 146 Å². The number of para-hydroxylation sites is 2. The summed E-state index contributed by atoms with van der Waals surface area (Å²) in [7, 11) is 0. The third-order valence-electron chi connectivity index (χ3n) is 9.83. The van der Waals surface area contributed by atoms with Crippen molar-refractivity contribution < 1.29 is 0 Å². The molecule has 0 radical (unpaired) electrons. The lowest BCUT2D eigenvalue weighted by atomic mass is 10.1. The van der Waals surface area contributed by atoms with E-state index in [-0.39, 0.29) is 0 Å². The van der Waals surface area contributed by atoms with Crippen LogP contribution in [0.4, 0.5) is 0 Å². The second-order valence-corrected chi connectivity index (χ2v) is 12.3. The van der Waals surface area contributed by atoms with E-state index in [1.807, 2.05) is 49.1 Å². The number of hydrogen-bond acceptors (Lipinski definition) is 4. The van der Waals surface area contributed by atoms with Crippen molar-refractivity contribution in [2.75, 3.05) is 0 Å². The van der Waals surface area contributed by atoms with Gasteiger partial charge in [0.15, 0.2) is 0 Å². The van der Waals surface area contributed by atoms with Gasteiger partial charge in [-0.3, -0.25) is 19.9 Å². The molecule has 48 heavy (non-hydrogen) atoms. The van der Waals surface area contributed by atoms with Gasteiger partial charge in [-0.25, -0.2) is 0 Å². The maximum atomic E-state index is 4.83. The molecule has 6 heteroatoms. The van der Waals surface area contributed by atoms with E-state index in [2.05, 4.69) is 106 Å². The summed E-state index contributed by atoms with van der Waals surface area (Å²) in [6.07, 6.45) is 7.39. The second kappa shape index (κ2) is 9.44. The third kappa shape index (κ3) is 3.35. The zero-order valence-corrected chi connectivity index (χ0v) is 25.5. The predicted octanol–water partition coefficient (Wildman–Crippen LogP) is 10.1. The topological polar surface area (TPSA) is 61.4 Å². The maximum absolute atomic E-state index is 4.83. The highest BCUT2D eigenvalue weighted by molar-refractivity contribution is 6.21. The van der Waals surface area contributed by atoms with Crippen molar-refractivity contribution in [2.45, 2.75) is 0 Å². The van der Waals surface area contributed by atoms with Crippen LogP contribution in [-0.2, 0) is 0 Å². The molecule has 0 aliphatic heterocycles. The average molecular weight is 613 g/mol. The van der Waals surface area contributed by atoms with Gasteiger partial charge in [0.25, 0.3) is 0 Å². The van der Waals surface area contributed by atoms with Gasteiger partial charge in [-0.2, -0.15) is 0 Å². The molecule has 0 atom stereocenters. The summed E-state index contributed by atoms with van der Waals surface area (Å²) < 4.78 is 4.82. The highest BCUT2D eigenvalue weighted by Gasteiger charge is 2.21. The molecule has 222 valence electrons. The fraction of sp³-hybridized carbons (Fsp3) is 0. The van der Waals surface area contributed by atoms with Crippen LogP contribution < -0.4 is 0 Å². The largest absolute Gasteiger partial charge is 0.309 e. The van der Waals surface area contributed by atoms with Crippen LogP contribution in [0.5, 0.6) is 0 Å². The number of hydrogen-bond donors (Lipinski definition) is 0. The fourth-order valence-corrected chi connectivity index (χ4v) is 7.84. The van der Waals surface area contributed by atoms with Crippen molar-refractivity contribution >= 4 is 87.2 Å². The van der Waals surface area contributed by atoms with E-state index in [1.54, 1.807) is 0 Å². The van der Waals surface area contributed by atoms with Gasteiger partial charge >= 0.3 is 0 Å². The lowest BCUT2D eigenvalue weighted by Crippen LogP contribution is -1.98. The van der Waals surface area contributed by atoms with Crippen molar-refractivity contribution in [3.63, 3.8) is 0 Å². The molecule has 0 unspecified atom stereocenters. The Bertz CT molecular complexity index is 2920. The van der Waals surface area contributed by atoms with Crippen molar-refractivity contribution in [2.24, 2.45) is 0 Å². The van der Waals surface area contributed by atoms with Gasteiger partial charge in [-0.15, -0.1) is 0 Å². The van der Waals surface area contributed by atoms with Gasteiger partial charge in [0.05, 0.1) is 55.5 Å². The van der Waals surface area contributed by atoms with Gasteiger partial charge in [0.2, 0.25) is 0 Å². The van der Waals surface area contributed by atoms with Crippen LogP contribution in [0.3, 0.4) is 0 Å². The summed E-state index contributed by atoms with van der Waals surface area (Å²) in [5, 5.41) is 9.04. The summed E-state index contributed by atoms with van der Waals surface area (Å²) in [6, 6.07) is 43.3. The first-order valence-electron chi connectivity index (χ1n) is 16.1. The Morgan fingerprint density at radius 1 is 0.312 bits per heavy atom. The molecule has 0 aliphatic carbocycles. The maximum Gasteiger partial charge on any atom is 0.0985 e. The monoisotopic (exact) mass is 612 g/mol. The van der Waals surface area contributed by atoms with E-state index in [9.17, 15) is 0 Å². The van der Waals surface area contributed by atoms with Crippen LogP contribution in [0.15, 0.2) is 146 Å². The van der Waals surface area contributed by atoms with Crippen molar-refractivity contribution in [1.82, 2.24) is 29.1 Å². The molecular weight excluding hydrogens is 589 g/mol. The molecule has 0 N–H and O–H groups in total. The molecule has 0 spiro atoms. The van der Waals surface area contributed by atoms with Crippen molar-refractivity contribution in [1.29, 1.82) is 0 Å². The molecule has 6 aromatic heterocycles. The number of pyridine rings is 4. The van der Waals surface area contributed by atoms with Crippen LogP contribution in [0.25, 0.3) is 98.6 Å². The summed E-state index contributed by atoms with van der Waals surface area (Å²) in [4.78, 5) is 19.1. The van der Waals surface area contributed by atoms with E-state index in [0.29, 0.717) is 0 Å². The fourth-order valence-electron chi connectivity index (χ4n) is 7.84. The smallest absolute Gasteiger partial charge is 0.0985 e. The lowest BCUT2D eigenvalue weighted by Gasteiger charge is -2.14. The van der Waals surface area contributed by atoms with E-state index in [1.165, 1.54) is 21.5 Å². The summed E-state index contributed by atoms with van der Waals surface area (Å²) in [5.41, 5.74) is 10.4. The summed E-state index contributed by atoms with van der Waals surface area (Å²) in [6.45, 7) is 0. The van der Waals surface area contributed by atoms with Crippen LogP contribution in [0.2, 0.25) is 0 Å². The first-order valence-corrected chi connectivity index (χ1v) is 16.1. The molecule has 0 saturated heterocycles. The summed E-state index contributed by atoms with van der Waals surface area (Å²) >= 11 is 0. The van der Waals surface area contributed by atoms with Gasteiger partial charge in [-0.1, -0.05) is 48.5 Å². The van der Waals surface area contributed by atoms with Gasteiger partial charge in [0, 0.05) is 67.9 Å². The molecule has 6 heterocycles. The van der Waals surface area contributed by atoms with Gasteiger partial charge in [0.1, 0.15) is 0 Å². The normalized spacial score (nSPS) is 12.2. The Kier molecular flexibility index (Phi) is 5.02.